The Kier molecular flexibility index (Phi) is 11.8. The van der Waals surface area contributed by atoms with Crippen molar-refractivity contribution in [2.24, 2.45) is 0 Å². The Morgan fingerprint density at radius 2 is 1.58 bits per heavy atom. The minimum absolute atomic E-state index is 0.641. The molecule has 0 fully saturated rings. The Bertz CT molecular complexity index is 354. The van der Waals surface area contributed by atoms with Crippen LogP contribution in [0.3, 0.4) is 0 Å². The van der Waals surface area contributed by atoms with Gasteiger partial charge in [0.25, 0.3) is 0 Å². The molecule has 2 rings (SSSR count). The van der Waals surface area contributed by atoms with Gasteiger partial charge in [0, 0.05) is 7.05 Å². The van der Waals surface area contributed by atoms with Gasteiger partial charge < -0.3 is 15.3 Å². The highest BCUT2D eigenvalue weighted by Crippen LogP contribution is 2.32. The molecule has 1 aliphatic heterocycles. The van der Waals surface area contributed by atoms with E-state index in [9.17, 15) is 4.79 Å². The van der Waals surface area contributed by atoms with E-state index in [-0.39, 0.29) is 0 Å². The van der Waals surface area contributed by atoms with Crippen molar-refractivity contribution in [2.75, 3.05) is 17.3 Å². The fraction of sp³-hybridized carbons (Fsp3) is 0.533. The van der Waals surface area contributed by atoms with Gasteiger partial charge >= 0.3 is 5.97 Å². The lowest BCUT2D eigenvalue weighted by Gasteiger charge is -2.17. The van der Waals surface area contributed by atoms with Crippen molar-refractivity contribution in [2.45, 2.75) is 47.7 Å². The lowest BCUT2D eigenvalue weighted by molar-refractivity contribution is -0.137. The van der Waals surface area contributed by atoms with E-state index in [1.54, 1.807) is 11.9 Å². The average Bonchev–Trinajstić information content (AvgIpc) is 2.83. The second-order valence-corrected chi connectivity index (χ2v) is 3.01. The number of nitrogens with one attached hydrogen (secondary N) is 1. The highest BCUT2D eigenvalue weighted by atomic mass is 16.4. The number of anilines is 2. The van der Waals surface area contributed by atoms with Crippen molar-refractivity contribution in [1.29, 1.82) is 0 Å². The number of fused-ring (bicyclic) bond motifs is 1. The molecule has 19 heavy (non-hydrogen) atoms. The maximum atomic E-state index is 10.8. The Morgan fingerprint density at radius 3 is 2.00 bits per heavy atom. The lowest BCUT2D eigenvalue weighted by atomic mass is 10.3. The molecule has 0 bridgehead atoms. The molecule has 110 valence electrons. The molecule has 0 spiro atoms. The predicted molar refractivity (Wildman–Crippen MR) is 83.9 cm³/mol. The summed E-state index contributed by atoms with van der Waals surface area (Å²) in [5, 5.41) is 11.8. The number of likely N-dealkylation sites (N-methyl/N-ethyl adjacent to an activating group) is 1. The number of carbonyl (C=O) groups is 1. The normalized spacial score (nSPS) is 14.3. The summed E-state index contributed by atoms with van der Waals surface area (Å²) in [6, 6.07) is 7.53. The Hall–Kier alpha value is -1.71. The van der Waals surface area contributed by atoms with Crippen LogP contribution in [-0.2, 0) is 4.79 Å². The van der Waals surface area contributed by atoms with E-state index in [2.05, 4.69) is 5.32 Å². The number of carboxylic acids is 1. The van der Waals surface area contributed by atoms with Gasteiger partial charge in [0.05, 0.1) is 11.4 Å². The highest BCUT2D eigenvalue weighted by Gasteiger charge is 2.30. The van der Waals surface area contributed by atoms with Crippen molar-refractivity contribution in [1.82, 2.24) is 0 Å². The van der Waals surface area contributed by atoms with Gasteiger partial charge in [0.2, 0.25) is 0 Å². The molecule has 1 aromatic carbocycles. The zero-order valence-electron chi connectivity index (χ0n) is 13.2. The van der Waals surface area contributed by atoms with Gasteiger partial charge in [-0.1, -0.05) is 53.7 Å². The first kappa shape index (κ1) is 19.6. The first-order valence-electron chi connectivity index (χ1n) is 7.01. The van der Waals surface area contributed by atoms with Crippen LogP contribution < -0.4 is 10.2 Å². The third kappa shape index (κ3) is 5.20. The average molecular weight is 268 g/mol. The van der Waals surface area contributed by atoms with Gasteiger partial charge in [-0.2, -0.15) is 0 Å². The van der Waals surface area contributed by atoms with Crippen LogP contribution in [0.15, 0.2) is 24.3 Å². The topological polar surface area (TPSA) is 52.6 Å². The molecular weight excluding hydrogens is 240 g/mol. The molecular formula is C15H28N2O2. The quantitative estimate of drug-likeness (QED) is 0.807. The summed E-state index contributed by atoms with van der Waals surface area (Å²) in [6.07, 6.45) is -0.641. The summed E-state index contributed by atoms with van der Waals surface area (Å²) in [7, 11) is 1.76. The van der Waals surface area contributed by atoms with Gasteiger partial charge in [-0.25, -0.2) is 4.79 Å². The molecule has 0 aromatic heterocycles. The maximum absolute atomic E-state index is 10.8. The SMILES string of the molecule is CC.CC.CC.CN1c2ccccc2NC1C(=O)O. The second kappa shape index (κ2) is 11.4. The number of nitrogens with zero attached hydrogens (tertiary/aromatic N) is 1. The summed E-state index contributed by atoms with van der Waals surface area (Å²) < 4.78 is 0. The zero-order valence-corrected chi connectivity index (χ0v) is 13.2. The highest BCUT2D eigenvalue weighted by molar-refractivity contribution is 5.89. The number of hydrogen-bond acceptors (Lipinski definition) is 3. The van der Waals surface area contributed by atoms with Crippen LogP contribution in [-0.4, -0.2) is 24.3 Å². The molecule has 4 heteroatoms. The molecule has 1 unspecified atom stereocenters. The van der Waals surface area contributed by atoms with Crippen molar-refractivity contribution in [3.05, 3.63) is 24.3 Å². The molecule has 2 N–H and O–H groups in total. The van der Waals surface area contributed by atoms with Crippen LogP contribution in [0.25, 0.3) is 0 Å². The Labute approximate surface area is 117 Å². The molecule has 0 saturated carbocycles. The number of hydrogen-bond donors (Lipinski definition) is 2. The van der Waals surface area contributed by atoms with Crippen molar-refractivity contribution in [3.63, 3.8) is 0 Å². The fourth-order valence-corrected chi connectivity index (χ4v) is 1.51. The molecule has 1 aliphatic rings. The van der Waals surface area contributed by atoms with Crippen molar-refractivity contribution in [3.8, 4) is 0 Å². The number of rotatable bonds is 1. The lowest BCUT2D eigenvalue weighted by Crippen LogP contribution is -2.39. The van der Waals surface area contributed by atoms with Gasteiger partial charge in [-0.3, -0.25) is 0 Å². The number of carboxylic acid groups (broad SMARTS) is 1. The summed E-state index contributed by atoms with van der Waals surface area (Å²) in [5.41, 5.74) is 1.80. The first-order valence-corrected chi connectivity index (χ1v) is 7.01. The molecule has 0 radical (unpaired) electrons. The molecule has 1 heterocycles. The summed E-state index contributed by atoms with van der Waals surface area (Å²) in [6.45, 7) is 12.0. The van der Waals surface area contributed by atoms with E-state index in [1.165, 1.54) is 0 Å². The predicted octanol–water partition coefficient (Wildman–Crippen LogP) is 4.04. The molecule has 0 amide bonds. The van der Waals surface area contributed by atoms with Crippen LogP contribution in [0.4, 0.5) is 11.4 Å². The Balaban J connectivity index is 0. The van der Waals surface area contributed by atoms with E-state index in [0.717, 1.165) is 11.4 Å². The van der Waals surface area contributed by atoms with Gasteiger partial charge in [0.1, 0.15) is 0 Å². The third-order valence-electron chi connectivity index (χ3n) is 2.20. The standard InChI is InChI=1S/C9H10N2O2.3C2H6/c1-11-7-5-3-2-4-6(7)10-8(11)9(12)13;3*1-2/h2-5,8,10H,1H3,(H,12,13);3*1-2H3. The van der Waals surface area contributed by atoms with Gasteiger partial charge in [0.15, 0.2) is 6.17 Å². The van der Waals surface area contributed by atoms with Crippen LogP contribution in [0, 0.1) is 0 Å². The van der Waals surface area contributed by atoms with Gasteiger partial charge in [-0.05, 0) is 12.1 Å². The summed E-state index contributed by atoms with van der Waals surface area (Å²) in [4.78, 5) is 12.5. The first-order chi connectivity index (χ1) is 9.20. The zero-order chi connectivity index (χ0) is 15.4. The van der Waals surface area contributed by atoms with Crippen LogP contribution in [0.5, 0.6) is 0 Å². The van der Waals surface area contributed by atoms with E-state index in [0.29, 0.717) is 0 Å². The molecule has 0 saturated heterocycles. The minimum Gasteiger partial charge on any atom is -0.478 e. The van der Waals surface area contributed by atoms with Crippen LogP contribution >= 0.6 is 0 Å². The Morgan fingerprint density at radius 1 is 1.11 bits per heavy atom. The third-order valence-corrected chi connectivity index (χ3v) is 2.20. The monoisotopic (exact) mass is 268 g/mol. The van der Waals surface area contributed by atoms with Crippen molar-refractivity contribution >= 4 is 17.3 Å². The fourth-order valence-electron chi connectivity index (χ4n) is 1.51. The molecule has 0 aliphatic carbocycles. The van der Waals surface area contributed by atoms with E-state index in [1.807, 2.05) is 65.8 Å². The van der Waals surface area contributed by atoms with Crippen LogP contribution in [0.2, 0.25) is 0 Å². The van der Waals surface area contributed by atoms with Crippen LogP contribution in [0.1, 0.15) is 41.5 Å². The van der Waals surface area contributed by atoms with E-state index >= 15 is 0 Å². The number of benzene rings is 1. The number of para-hydroxylation sites is 2. The van der Waals surface area contributed by atoms with E-state index in [4.69, 9.17) is 5.11 Å². The maximum Gasteiger partial charge on any atom is 0.347 e. The second-order valence-electron chi connectivity index (χ2n) is 3.01. The minimum atomic E-state index is -0.862. The smallest absolute Gasteiger partial charge is 0.347 e. The molecule has 4 nitrogen and oxygen atoms in total. The molecule has 1 atom stereocenters. The largest absolute Gasteiger partial charge is 0.478 e. The summed E-state index contributed by atoms with van der Waals surface area (Å²) >= 11 is 0. The van der Waals surface area contributed by atoms with Crippen molar-refractivity contribution < 1.29 is 9.90 Å². The molecule has 1 aromatic rings. The van der Waals surface area contributed by atoms with E-state index < -0.39 is 12.1 Å². The number of aliphatic carboxylic acids is 1. The van der Waals surface area contributed by atoms with Gasteiger partial charge in [-0.15, -0.1) is 0 Å². The summed E-state index contributed by atoms with van der Waals surface area (Å²) in [5.74, 6) is -0.862.